The Kier molecular flexibility index (Phi) is 4.58. The highest BCUT2D eigenvalue weighted by Crippen LogP contribution is 2.35. The van der Waals surface area contributed by atoms with Crippen molar-refractivity contribution in [1.29, 1.82) is 0 Å². The molecule has 0 amide bonds. The highest BCUT2D eigenvalue weighted by Gasteiger charge is 2.16. The summed E-state index contributed by atoms with van der Waals surface area (Å²) in [6.45, 7) is 0. The third-order valence-electron chi connectivity index (χ3n) is 5.95. The van der Waals surface area contributed by atoms with Crippen LogP contribution in [0.4, 0.5) is 10.1 Å². The van der Waals surface area contributed by atoms with Crippen LogP contribution < -0.4 is 4.90 Å². The second-order valence-corrected chi connectivity index (χ2v) is 8.32. The first-order valence-electron chi connectivity index (χ1n) is 10.8. The Hall–Kier alpha value is -4.59. The monoisotopic (exact) mass is 449 g/mol. The van der Waals surface area contributed by atoms with Gasteiger partial charge in [-0.25, -0.2) is 4.39 Å². The van der Waals surface area contributed by atoms with Gasteiger partial charge in [0, 0.05) is 54.0 Å². The van der Waals surface area contributed by atoms with E-state index in [1.54, 1.807) is 36.9 Å². The minimum Gasteiger partial charge on any atom is -0.376 e. The molecule has 0 unspecified atom stereocenters. The van der Waals surface area contributed by atoms with E-state index in [9.17, 15) is 4.39 Å². The molecular weight excluding hydrogens is 429 g/mol. The molecule has 5 heterocycles. The van der Waals surface area contributed by atoms with Gasteiger partial charge >= 0.3 is 0 Å². The summed E-state index contributed by atoms with van der Waals surface area (Å²) in [6, 6.07) is 12.8. The summed E-state index contributed by atoms with van der Waals surface area (Å²) in [4.78, 5) is 18.7. The Morgan fingerprint density at radius 2 is 1.68 bits per heavy atom. The highest BCUT2D eigenvalue weighted by atomic mass is 19.1. The molecule has 0 atom stereocenters. The first-order chi connectivity index (χ1) is 16.6. The van der Waals surface area contributed by atoms with Crippen LogP contribution in [-0.4, -0.2) is 44.2 Å². The third kappa shape index (κ3) is 3.27. The summed E-state index contributed by atoms with van der Waals surface area (Å²) in [6.07, 6.45) is 8.82. The molecule has 0 aliphatic heterocycles. The van der Waals surface area contributed by atoms with Crippen molar-refractivity contribution in [1.82, 2.24) is 30.1 Å². The molecular formula is C26H20FN7. The van der Waals surface area contributed by atoms with Crippen LogP contribution in [0.1, 0.15) is 0 Å². The Bertz CT molecular complexity index is 1670. The van der Waals surface area contributed by atoms with Gasteiger partial charge in [0.05, 0.1) is 46.7 Å². The van der Waals surface area contributed by atoms with Gasteiger partial charge in [0.2, 0.25) is 0 Å². The molecule has 166 valence electrons. The van der Waals surface area contributed by atoms with Crippen molar-refractivity contribution in [2.75, 3.05) is 19.0 Å². The van der Waals surface area contributed by atoms with Gasteiger partial charge in [0.1, 0.15) is 11.5 Å². The second kappa shape index (κ2) is 7.77. The molecule has 0 aliphatic rings. The molecule has 2 N–H and O–H groups in total. The zero-order valence-corrected chi connectivity index (χ0v) is 18.5. The fourth-order valence-electron chi connectivity index (χ4n) is 4.17. The van der Waals surface area contributed by atoms with Crippen LogP contribution in [0, 0.1) is 5.82 Å². The maximum absolute atomic E-state index is 14.5. The molecule has 0 aliphatic carbocycles. The Labute approximate surface area is 194 Å². The van der Waals surface area contributed by atoms with Crippen molar-refractivity contribution in [3.8, 4) is 33.8 Å². The summed E-state index contributed by atoms with van der Waals surface area (Å²) in [5, 5.41) is 9.41. The summed E-state index contributed by atoms with van der Waals surface area (Å²) in [5.41, 5.74) is 7.15. The van der Waals surface area contributed by atoms with Crippen LogP contribution in [0.5, 0.6) is 0 Å². The van der Waals surface area contributed by atoms with Gasteiger partial charge in [-0.1, -0.05) is 18.2 Å². The average Bonchev–Trinajstić information content (AvgIpc) is 3.48. The smallest absolute Gasteiger partial charge is 0.131 e. The molecule has 5 aromatic heterocycles. The van der Waals surface area contributed by atoms with Crippen LogP contribution in [0.2, 0.25) is 0 Å². The molecule has 0 fully saturated rings. The first kappa shape index (κ1) is 20.0. The fourth-order valence-corrected chi connectivity index (χ4v) is 4.17. The van der Waals surface area contributed by atoms with Crippen LogP contribution in [0.3, 0.4) is 0 Å². The van der Waals surface area contributed by atoms with E-state index in [2.05, 4.69) is 36.2 Å². The van der Waals surface area contributed by atoms with E-state index in [0.717, 1.165) is 55.7 Å². The van der Waals surface area contributed by atoms with Gasteiger partial charge in [-0.3, -0.25) is 20.1 Å². The zero-order valence-electron chi connectivity index (χ0n) is 18.5. The normalized spacial score (nSPS) is 11.4. The lowest BCUT2D eigenvalue weighted by atomic mass is 10.0. The van der Waals surface area contributed by atoms with E-state index < -0.39 is 0 Å². The topological polar surface area (TPSA) is 86.4 Å². The predicted octanol–water partition coefficient (Wildman–Crippen LogP) is 5.44. The number of hydrogen-bond acceptors (Lipinski definition) is 5. The SMILES string of the molecule is CN(C)c1cncc(-c2cc3c(-c4cc5c(-c6ccccc6F)cncc5[nH]4)n[nH]c3cn2)c1. The minimum absolute atomic E-state index is 0.283. The molecule has 34 heavy (non-hydrogen) atoms. The molecule has 0 radical (unpaired) electrons. The van der Waals surface area contributed by atoms with Crippen molar-refractivity contribution in [2.45, 2.75) is 0 Å². The average molecular weight is 449 g/mol. The lowest BCUT2D eigenvalue weighted by Crippen LogP contribution is -2.08. The van der Waals surface area contributed by atoms with E-state index in [1.807, 2.05) is 43.4 Å². The number of rotatable bonds is 4. The molecule has 0 bridgehead atoms. The lowest BCUT2D eigenvalue weighted by molar-refractivity contribution is 0.631. The second-order valence-electron chi connectivity index (χ2n) is 8.32. The van der Waals surface area contributed by atoms with Crippen LogP contribution in [0.15, 0.2) is 73.4 Å². The van der Waals surface area contributed by atoms with E-state index >= 15 is 0 Å². The Morgan fingerprint density at radius 3 is 2.53 bits per heavy atom. The van der Waals surface area contributed by atoms with Crippen LogP contribution >= 0.6 is 0 Å². The standard InChI is InChI=1S/C26H20FN7/c1-34(2)16-7-15(10-28-11-16)22-9-19-25(14-30-22)32-33-26(19)23-8-18-20(12-29-13-24(18)31-23)17-5-3-4-6-21(17)27/h3-14,31H,1-2H3,(H,32,33). The Balaban J connectivity index is 1.49. The summed E-state index contributed by atoms with van der Waals surface area (Å²) >= 11 is 0. The van der Waals surface area contributed by atoms with Gasteiger partial charge < -0.3 is 9.88 Å². The number of nitrogens with one attached hydrogen (secondary N) is 2. The first-order valence-corrected chi connectivity index (χ1v) is 10.8. The quantitative estimate of drug-likeness (QED) is 0.375. The number of H-pyrrole nitrogens is 2. The maximum atomic E-state index is 14.5. The van der Waals surface area contributed by atoms with E-state index in [1.165, 1.54) is 6.07 Å². The zero-order chi connectivity index (χ0) is 23.2. The summed E-state index contributed by atoms with van der Waals surface area (Å²) in [5.74, 6) is -0.283. The predicted molar refractivity (Wildman–Crippen MR) is 132 cm³/mol. The highest BCUT2D eigenvalue weighted by molar-refractivity contribution is 6.01. The number of aromatic nitrogens is 6. The van der Waals surface area contributed by atoms with Crippen molar-refractivity contribution in [3.05, 3.63) is 79.3 Å². The number of halogens is 1. The van der Waals surface area contributed by atoms with E-state index in [0.29, 0.717) is 5.56 Å². The number of anilines is 1. The molecule has 0 spiro atoms. The summed E-state index contributed by atoms with van der Waals surface area (Å²) in [7, 11) is 3.96. The number of nitrogens with zero attached hydrogens (tertiary/aromatic N) is 5. The number of benzene rings is 1. The van der Waals surface area contributed by atoms with E-state index in [4.69, 9.17) is 0 Å². The van der Waals surface area contributed by atoms with Gasteiger partial charge in [-0.2, -0.15) is 5.10 Å². The Morgan fingerprint density at radius 1 is 0.824 bits per heavy atom. The molecule has 0 saturated carbocycles. The van der Waals surface area contributed by atoms with E-state index in [-0.39, 0.29) is 5.82 Å². The van der Waals surface area contributed by atoms with Crippen LogP contribution in [0.25, 0.3) is 55.6 Å². The largest absolute Gasteiger partial charge is 0.376 e. The fraction of sp³-hybridized carbons (Fsp3) is 0.0769. The molecule has 1 aromatic carbocycles. The molecule has 6 aromatic rings. The molecule has 0 saturated heterocycles. The molecule has 8 heteroatoms. The van der Waals surface area contributed by atoms with Gasteiger partial charge in [0.25, 0.3) is 0 Å². The van der Waals surface area contributed by atoms with Crippen molar-refractivity contribution < 1.29 is 4.39 Å². The number of pyridine rings is 3. The maximum Gasteiger partial charge on any atom is 0.131 e. The minimum atomic E-state index is -0.283. The van der Waals surface area contributed by atoms with Gasteiger partial charge in [-0.15, -0.1) is 0 Å². The number of aromatic amines is 2. The lowest BCUT2D eigenvalue weighted by Gasteiger charge is -2.12. The number of hydrogen-bond donors (Lipinski definition) is 2. The third-order valence-corrected chi connectivity index (χ3v) is 5.95. The van der Waals surface area contributed by atoms with Gasteiger partial charge in [-0.05, 0) is 24.3 Å². The molecule has 7 nitrogen and oxygen atoms in total. The summed E-state index contributed by atoms with van der Waals surface area (Å²) < 4.78 is 14.5. The van der Waals surface area contributed by atoms with Crippen molar-refractivity contribution in [3.63, 3.8) is 0 Å². The van der Waals surface area contributed by atoms with Crippen LogP contribution in [-0.2, 0) is 0 Å². The number of fused-ring (bicyclic) bond motifs is 2. The molecule has 6 rings (SSSR count). The van der Waals surface area contributed by atoms with Crippen molar-refractivity contribution in [2.24, 2.45) is 0 Å². The van der Waals surface area contributed by atoms with Crippen molar-refractivity contribution >= 4 is 27.5 Å². The van der Waals surface area contributed by atoms with Gasteiger partial charge in [0.15, 0.2) is 0 Å².